The number of para-hydroxylation sites is 1. The van der Waals surface area contributed by atoms with Gasteiger partial charge in [-0.05, 0) is 74.2 Å². The Kier molecular flexibility index (Phi) is 11.5. The predicted molar refractivity (Wildman–Crippen MR) is 148 cm³/mol. The van der Waals surface area contributed by atoms with Crippen molar-refractivity contribution < 1.29 is 19.1 Å². The van der Waals surface area contributed by atoms with E-state index in [1.54, 1.807) is 12.0 Å². The van der Waals surface area contributed by atoms with Crippen LogP contribution >= 0.6 is 24.0 Å². The molecule has 1 atom stereocenters. The Hall–Kier alpha value is -2.58. The van der Waals surface area contributed by atoms with Gasteiger partial charge in [-0.2, -0.15) is 0 Å². The van der Waals surface area contributed by atoms with Crippen LogP contribution in [-0.2, 0) is 20.7 Å². The molecule has 8 heteroatoms. The molecule has 190 valence electrons. The SMILES string of the molecule is CCOC(=S)SCC(=O)N(CCc1ccc(OC)cc1)C(C(=O)Nc1c(C)cccc1C)C(C)C. The number of nitrogens with zero attached hydrogens (tertiary/aromatic N) is 1. The number of anilines is 1. The van der Waals surface area contributed by atoms with Crippen molar-refractivity contribution in [1.29, 1.82) is 0 Å². The summed E-state index contributed by atoms with van der Waals surface area (Å²) in [5.74, 6) is 0.443. The molecule has 0 saturated carbocycles. The van der Waals surface area contributed by atoms with Crippen LogP contribution in [-0.4, -0.2) is 53.2 Å². The number of benzene rings is 2. The molecule has 1 unspecified atom stereocenters. The van der Waals surface area contributed by atoms with E-state index in [4.69, 9.17) is 21.7 Å². The highest BCUT2D eigenvalue weighted by Gasteiger charge is 2.33. The monoisotopic (exact) mass is 516 g/mol. The molecule has 1 N–H and O–H groups in total. The van der Waals surface area contributed by atoms with E-state index < -0.39 is 6.04 Å². The minimum Gasteiger partial charge on any atom is -0.497 e. The molecule has 0 aliphatic rings. The zero-order valence-corrected chi connectivity index (χ0v) is 23.1. The highest BCUT2D eigenvalue weighted by Crippen LogP contribution is 2.23. The third kappa shape index (κ3) is 8.54. The lowest BCUT2D eigenvalue weighted by molar-refractivity contribution is -0.138. The van der Waals surface area contributed by atoms with E-state index in [1.807, 2.05) is 77.1 Å². The first-order valence-corrected chi connectivity index (χ1v) is 13.2. The number of hydrogen-bond donors (Lipinski definition) is 1. The van der Waals surface area contributed by atoms with Gasteiger partial charge in [-0.3, -0.25) is 9.59 Å². The summed E-state index contributed by atoms with van der Waals surface area (Å²) in [5, 5.41) is 3.09. The molecule has 2 aromatic rings. The van der Waals surface area contributed by atoms with Crippen LogP contribution in [0, 0.1) is 19.8 Å². The quantitative estimate of drug-likeness (QED) is 0.403. The summed E-state index contributed by atoms with van der Waals surface area (Å²) >= 11 is 6.37. The van der Waals surface area contributed by atoms with Crippen LogP contribution in [0.15, 0.2) is 42.5 Å². The number of carbonyl (C=O) groups is 2. The Labute approximate surface area is 218 Å². The lowest BCUT2D eigenvalue weighted by Crippen LogP contribution is -2.51. The average molecular weight is 517 g/mol. The number of thiocarbonyl (C=S) groups is 1. The van der Waals surface area contributed by atoms with Crippen LogP contribution in [0.2, 0.25) is 0 Å². The third-order valence-electron chi connectivity index (χ3n) is 5.66. The van der Waals surface area contributed by atoms with E-state index >= 15 is 0 Å². The summed E-state index contributed by atoms with van der Waals surface area (Å²) in [6.07, 6.45) is 0.607. The maximum absolute atomic E-state index is 13.6. The van der Waals surface area contributed by atoms with Crippen molar-refractivity contribution in [2.75, 3.05) is 31.3 Å². The second kappa shape index (κ2) is 14.1. The molecule has 0 spiro atoms. The average Bonchev–Trinajstić information content (AvgIpc) is 2.82. The van der Waals surface area contributed by atoms with Crippen molar-refractivity contribution >= 4 is 45.9 Å². The number of ether oxygens (including phenoxy) is 2. The normalized spacial score (nSPS) is 11.6. The van der Waals surface area contributed by atoms with Gasteiger partial charge in [-0.1, -0.05) is 55.9 Å². The van der Waals surface area contributed by atoms with E-state index in [9.17, 15) is 9.59 Å². The molecular weight excluding hydrogens is 480 g/mol. The number of amides is 2. The largest absolute Gasteiger partial charge is 0.497 e. The summed E-state index contributed by atoms with van der Waals surface area (Å²) in [4.78, 5) is 28.6. The zero-order chi connectivity index (χ0) is 26.0. The molecule has 0 heterocycles. The Morgan fingerprint density at radius 3 is 2.26 bits per heavy atom. The van der Waals surface area contributed by atoms with Crippen LogP contribution in [0.25, 0.3) is 0 Å². The van der Waals surface area contributed by atoms with E-state index in [2.05, 4.69) is 5.32 Å². The number of nitrogens with one attached hydrogen (secondary N) is 1. The number of rotatable bonds is 11. The number of hydrogen-bond acceptors (Lipinski definition) is 6. The van der Waals surface area contributed by atoms with Crippen LogP contribution < -0.4 is 10.1 Å². The summed E-state index contributed by atoms with van der Waals surface area (Å²) in [6, 6.07) is 13.0. The fraction of sp³-hybridized carbons (Fsp3) is 0.444. The molecule has 0 saturated heterocycles. The number of methoxy groups -OCH3 is 1. The summed E-state index contributed by atoms with van der Waals surface area (Å²) in [7, 11) is 1.63. The van der Waals surface area contributed by atoms with Gasteiger partial charge < -0.3 is 19.7 Å². The van der Waals surface area contributed by atoms with Gasteiger partial charge in [0.15, 0.2) is 0 Å². The van der Waals surface area contributed by atoms with Gasteiger partial charge in [0.25, 0.3) is 0 Å². The van der Waals surface area contributed by atoms with E-state index in [1.165, 1.54) is 11.8 Å². The van der Waals surface area contributed by atoms with Gasteiger partial charge in [0, 0.05) is 12.2 Å². The van der Waals surface area contributed by atoms with Gasteiger partial charge in [-0.15, -0.1) is 0 Å². The predicted octanol–water partition coefficient (Wildman–Crippen LogP) is 5.40. The first-order chi connectivity index (χ1) is 16.7. The van der Waals surface area contributed by atoms with Crippen LogP contribution in [0.5, 0.6) is 5.75 Å². The first kappa shape index (κ1) is 28.7. The van der Waals surface area contributed by atoms with Crippen LogP contribution in [0.1, 0.15) is 37.5 Å². The highest BCUT2D eigenvalue weighted by atomic mass is 32.2. The van der Waals surface area contributed by atoms with Crippen molar-refractivity contribution in [3.8, 4) is 5.75 Å². The third-order valence-corrected chi connectivity index (χ3v) is 6.88. The maximum Gasteiger partial charge on any atom is 0.247 e. The molecule has 2 amide bonds. The molecule has 0 aromatic heterocycles. The minimum absolute atomic E-state index is 0.0945. The van der Waals surface area contributed by atoms with Gasteiger partial charge in [0.2, 0.25) is 16.2 Å². The second-order valence-corrected chi connectivity index (χ2v) is 10.2. The van der Waals surface area contributed by atoms with Gasteiger partial charge in [0.05, 0.1) is 19.5 Å². The van der Waals surface area contributed by atoms with Crippen molar-refractivity contribution in [3.05, 3.63) is 59.2 Å². The van der Waals surface area contributed by atoms with Gasteiger partial charge in [0.1, 0.15) is 11.8 Å². The smallest absolute Gasteiger partial charge is 0.247 e. The lowest BCUT2D eigenvalue weighted by Gasteiger charge is -2.34. The molecule has 35 heavy (non-hydrogen) atoms. The summed E-state index contributed by atoms with van der Waals surface area (Å²) in [6.45, 7) is 10.5. The Morgan fingerprint density at radius 2 is 1.71 bits per heavy atom. The van der Waals surface area contributed by atoms with Crippen LogP contribution in [0.3, 0.4) is 0 Å². The molecule has 0 bridgehead atoms. The Bertz CT molecular complexity index is 988. The number of carbonyl (C=O) groups excluding carboxylic acids is 2. The molecule has 2 aromatic carbocycles. The highest BCUT2D eigenvalue weighted by molar-refractivity contribution is 8.23. The molecule has 0 aliphatic carbocycles. The second-order valence-electron chi connectivity index (χ2n) is 8.60. The fourth-order valence-electron chi connectivity index (χ4n) is 3.84. The minimum atomic E-state index is -0.638. The molecule has 0 radical (unpaired) electrons. The van der Waals surface area contributed by atoms with Crippen molar-refractivity contribution in [2.24, 2.45) is 5.92 Å². The lowest BCUT2D eigenvalue weighted by atomic mass is 9.99. The molecular formula is C27H36N2O4S2. The Morgan fingerprint density at radius 1 is 1.09 bits per heavy atom. The van der Waals surface area contributed by atoms with Crippen molar-refractivity contribution in [3.63, 3.8) is 0 Å². The summed E-state index contributed by atoms with van der Waals surface area (Å²) in [5.41, 5.74) is 3.81. The topological polar surface area (TPSA) is 67.9 Å². The fourth-order valence-corrected chi connectivity index (χ4v) is 4.74. The number of aryl methyl sites for hydroxylation is 2. The Balaban J connectivity index is 2.28. The van der Waals surface area contributed by atoms with E-state index in [0.717, 1.165) is 28.1 Å². The maximum atomic E-state index is 13.6. The molecule has 0 fully saturated rings. The van der Waals surface area contributed by atoms with Crippen molar-refractivity contribution in [2.45, 2.75) is 47.1 Å². The number of thioether (sulfide) groups is 1. The van der Waals surface area contributed by atoms with Crippen molar-refractivity contribution in [1.82, 2.24) is 4.90 Å². The van der Waals surface area contributed by atoms with Gasteiger partial charge >= 0.3 is 0 Å². The van der Waals surface area contributed by atoms with E-state index in [-0.39, 0.29) is 23.5 Å². The first-order valence-electron chi connectivity index (χ1n) is 11.8. The van der Waals surface area contributed by atoms with Crippen LogP contribution in [0.4, 0.5) is 5.69 Å². The van der Waals surface area contributed by atoms with Gasteiger partial charge in [-0.25, -0.2) is 0 Å². The summed E-state index contributed by atoms with van der Waals surface area (Å²) < 4.78 is 10.9. The molecule has 2 rings (SSSR count). The molecule has 6 nitrogen and oxygen atoms in total. The zero-order valence-electron chi connectivity index (χ0n) is 21.4. The van der Waals surface area contributed by atoms with E-state index in [0.29, 0.717) is 24.0 Å². The standard InChI is InChI=1S/C27H36N2O4S2/c1-7-33-27(34)35-17-23(30)29(16-15-21-11-13-22(32-6)14-12-21)25(18(2)3)26(31)28-24-19(4)9-8-10-20(24)5/h8-14,18,25H,7,15-17H2,1-6H3,(H,28,31). The molecule has 0 aliphatic heterocycles.